The maximum atomic E-state index is 12.7. The lowest BCUT2D eigenvalue weighted by atomic mass is 9.97. The number of nitrogens with zero attached hydrogens (tertiary/aromatic N) is 2. The molecule has 0 atom stereocenters. The van der Waals surface area contributed by atoms with Crippen molar-refractivity contribution in [3.63, 3.8) is 0 Å². The molecule has 1 aromatic heterocycles. The fourth-order valence-electron chi connectivity index (χ4n) is 3.24. The Morgan fingerprint density at radius 3 is 2.59 bits per heavy atom. The maximum absolute atomic E-state index is 12.7. The van der Waals surface area contributed by atoms with Gasteiger partial charge in [0, 0.05) is 31.9 Å². The number of rotatable bonds is 7. The molecule has 0 amide bonds. The van der Waals surface area contributed by atoms with Crippen molar-refractivity contribution in [1.29, 1.82) is 0 Å². The quantitative estimate of drug-likeness (QED) is 0.780. The second-order valence-electron chi connectivity index (χ2n) is 6.51. The zero-order valence-electron chi connectivity index (χ0n) is 15.6. The van der Waals surface area contributed by atoms with E-state index in [4.69, 9.17) is 9.47 Å². The summed E-state index contributed by atoms with van der Waals surface area (Å²) in [5, 5.41) is 0. The summed E-state index contributed by atoms with van der Waals surface area (Å²) in [5.74, 6) is 1.12. The molecule has 1 aliphatic rings. The number of anilines is 1. The number of ether oxygens (including phenoxy) is 2. The Morgan fingerprint density at radius 2 is 1.96 bits per heavy atom. The van der Waals surface area contributed by atoms with Crippen molar-refractivity contribution in [3.8, 4) is 11.5 Å². The van der Waals surface area contributed by atoms with Crippen LogP contribution < -0.4 is 19.1 Å². The summed E-state index contributed by atoms with van der Waals surface area (Å²) in [4.78, 5) is 6.56. The molecule has 8 heteroatoms. The molecule has 27 heavy (non-hydrogen) atoms. The predicted octanol–water partition coefficient (Wildman–Crippen LogP) is 2.29. The Balaban J connectivity index is 1.59. The molecular formula is C19H25N3O4S. The van der Waals surface area contributed by atoms with Gasteiger partial charge in [-0.15, -0.1) is 0 Å². The normalized spacial score (nSPS) is 15.6. The lowest BCUT2D eigenvalue weighted by Crippen LogP contribution is -2.38. The molecule has 7 nitrogen and oxygen atoms in total. The number of nitrogens with one attached hydrogen (secondary N) is 1. The van der Waals surface area contributed by atoms with Crippen LogP contribution in [-0.4, -0.2) is 47.3 Å². The van der Waals surface area contributed by atoms with Crippen molar-refractivity contribution in [2.75, 3.05) is 38.8 Å². The van der Waals surface area contributed by atoms with Crippen LogP contribution in [0.4, 0.5) is 5.69 Å². The smallest absolute Gasteiger partial charge is 0.244 e. The van der Waals surface area contributed by atoms with E-state index in [9.17, 15) is 8.42 Å². The van der Waals surface area contributed by atoms with E-state index in [2.05, 4.69) is 14.6 Å². The number of hydrogen-bond acceptors (Lipinski definition) is 6. The zero-order valence-corrected chi connectivity index (χ0v) is 16.4. The lowest BCUT2D eigenvalue weighted by Gasteiger charge is -2.33. The van der Waals surface area contributed by atoms with Crippen molar-refractivity contribution in [3.05, 3.63) is 42.7 Å². The molecule has 1 fully saturated rings. The maximum Gasteiger partial charge on any atom is 0.244 e. The standard InChI is InChI=1S/C19H25N3O4S/c1-25-17-5-6-19(18(12-17)26-2)27(23,24)21-13-15-7-10-22(11-8-15)16-4-3-9-20-14-16/h3-6,9,12,14-15,21H,7-8,10-11,13H2,1-2H3. The summed E-state index contributed by atoms with van der Waals surface area (Å²) >= 11 is 0. The van der Waals surface area contributed by atoms with E-state index in [0.717, 1.165) is 31.6 Å². The highest BCUT2D eigenvalue weighted by Crippen LogP contribution is 2.29. The number of aromatic nitrogens is 1. The van der Waals surface area contributed by atoms with Crippen molar-refractivity contribution < 1.29 is 17.9 Å². The van der Waals surface area contributed by atoms with Crippen LogP contribution in [0.5, 0.6) is 11.5 Å². The first-order valence-electron chi connectivity index (χ1n) is 8.90. The lowest BCUT2D eigenvalue weighted by molar-refractivity contribution is 0.384. The van der Waals surface area contributed by atoms with E-state index in [-0.39, 0.29) is 10.6 Å². The number of piperidine rings is 1. The second-order valence-corrected chi connectivity index (χ2v) is 8.25. The first kappa shape index (κ1) is 19.4. The van der Waals surface area contributed by atoms with Gasteiger partial charge in [0.25, 0.3) is 0 Å². The van der Waals surface area contributed by atoms with Crippen LogP contribution >= 0.6 is 0 Å². The Kier molecular flexibility index (Phi) is 6.18. The number of hydrogen-bond donors (Lipinski definition) is 1. The molecule has 1 aromatic carbocycles. The van der Waals surface area contributed by atoms with E-state index >= 15 is 0 Å². The molecule has 0 aliphatic carbocycles. The van der Waals surface area contributed by atoms with Crippen molar-refractivity contribution in [2.45, 2.75) is 17.7 Å². The minimum Gasteiger partial charge on any atom is -0.497 e. The van der Waals surface area contributed by atoms with Gasteiger partial charge >= 0.3 is 0 Å². The highest BCUT2D eigenvalue weighted by molar-refractivity contribution is 7.89. The summed E-state index contributed by atoms with van der Waals surface area (Å²) < 4.78 is 38.5. The first-order valence-corrected chi connectivity index (χ1v) is 10.4. The Morgan fingerprint density at radius 1 is 1.19 bits per heavy atom. The van der Waals surface area contributed by atoms with E-state index in [0.29, 0.717) is 18.2 Å². The molecule has 0 unspecified atom stereocenters. The fraction of sp³-hybridized carbons (Fsp3) is 0.421. The van der Waals surface area contributed by atoms with Gasteiger partial charge in [0.15, 0.2) is 0 Å². The summed E-state index contributed by atoms with van der Waals surface area (Å²) in [7, 11) is -0.674. The topological polar surface area (TPSA) is 80.8 Å². The molecular weight excluding hydrogens is 366 g/mol. The summed E-state index contributed by atoms with van der Waals surface area (Å²) in [6.45, 7) is 2.20. The van der Waals surface area contributed by atoms with Gasteiger partial charge in [-0.3, -0.25) is 4.98 Å². The van der Waals surface area contributed by atoms with Gasteiger partial charge in [-0.25, -0.2) is 13.1 Å². The van der Waals surface area contributed by atoms with Gasteiger partial charge in [0.1, 0.15) is 16.4 Å². The molecule has 3 rings (SSSR count). The number of pyridine rings is 1. The molecule has 0 radical (unpaired) electrons. The Hall–Kier alpha value is -2.32. The monoisotopic (exact) mass is 391 g/mol. The van der Waals surface area contributed by atoms with Crippen LogP contribution in [0.15, 0.2) is 47.6 Å². The number of sulfonamides is 1. The van der Waals surface area contributed by atoms with Crippen molar-refractivity contribution >= 4 is 15.7 Å². The molecule has 146 valence electrons. The van der Waals surface area contributed by atoms with E-state index < -0.39 is 10.0 Å². The molecule has 0 spiro atoms. The van der Waals surface area contributed by atoms with E-state index in [1.54, 1.807) is 18.3 Å². The Labute approximate surface area is 160 Å². The van der Waals surface area contributed by atoms with Gasteiger partial charge in [-0.2, -0.15) is 0 Å². The number of methoxy groups -OCH3 is 2. The third-order valence-electron chi connectivity index (χ3n) is 4.85. The molecule has 2 heterocycles. The van der Waals surface area contributed by atoms with Gasteiger partial charge in [0.05, 0.1) is 26.1 Å². The number of benzene rings is 1. The van der Waals surface area contributed by atoms with Crippen LogP contribution in [0, 0.1) is 5.92 Å². The van der Waals surface area contributed by atoms with Crippen LogP contribution in [-0.2, 0) is 10.0 Å². The predicted molar refractivity (Wildman–Crippen MR) is 104 cm³/mol. The van der Waals surface area contributed by atoms with Gasteiger partial charge in [-0.05, 0) is 43.0 Å². The van der Waals surface area contributed by atoms with Gasteiger partial charge < -0.3 is 14.4 Å². The molecule has 1 saturated heterocycles. The highest BCUT2D eigenvalue weighted by atomic mass is 32.2. The minimum absolute atomic E-state index is 0.124. The summed E-state index contributed by atoms with van der Waals surface area (Å²) in [6.07, 6.45) is 5.48. The van der Waals surface area contributed by atoms with Gasteiger partial charge in [0.2, 0.25) is 10.0 Å². The third-order valence-corrected chi connectivity index (χ3v) is 6.31. The minimum atomic E-state index is -3.65. The van der Waals surface area contributed by atoms with Crippen LogP contribution in [0.1, 0.15) is 12.8 Å². The Bertz CT molecular complexity index is 851. The van der Waals surface area contributed by atoms with Crippen LogP contribution in [0.2, 0.25) is 0 Å². The molecule has 0 bridgehead atoms. The summed E-state index contributed by atoms with van der Waals surface area (Å²) in [5.41, 5.74) is 1.11. The second kappa shape index (κ2) is 8.58. The van der Waals surface area contributed by atoms with Crippen molar-refractivity contribution in [2.24, 2.45) is 5.92 Å². The average molecular weight is 391 g/mol. The molecule has 2 aromatic rings. The first-order chi connectivity index (χ1) is 13.0. The third kappa shape index (κ3) is 4.70. The molecule has 1 N–H and O–H groups in total. The van der Waals surface area contributed by atoms with Gasteiger partial charge in [-0.1, -0.05) is 0 Å². The van der Waals surface area contributed by atoms with Crippen LogP contribution in [0.3, 0.4) is 0 Å². The van der Waals surface area contributed by atoms with E-state index in [1.165, 1.54) is 20.3 Å². The highest BCUT2D eigenvalue weighted by Gasteiger charge is 2.24. The molecule has 0 saturated carbocycles. The average Bonchev–Trinajstić information content (AvgIpc) is 2.72. The SMILES string of the molecule is COc1ccc(S(=O)(=O)NCC2CCN(c3cccnc3)CC2)c(OC)c1. The molecule has 1 aliphatic heterocycles. The summed E-state index contributed by atoms with van der Waals surface area (Å²) in [6, 6.07) is 8.67. The largest absolute Gasteiger partial charge is 0.497 e. The van der Waals surface area contributed by atoms with E-state index in [1.807, 2.05) is 18.3 Å². The van der Waals surface area contributed by atoms with Crippen LogP contribution in [0.25, 0.3) is 0 Å². The zero-order chi connectivity index (χ0) is 19.3. The fourth-order valence-corrected chi connectivity index (χ4v) is 4.50. The van der Waals surface area contributed by atoms with Crippen molar-refractivity contribution in [1.82, 2.24) is 9.71 Å².